The van der Waals surface area contributed by atoms with Crippen molar-refractivity contribution in [1.29, 1.82) is 0 Å². The first-order valence-electron chi connectivity index (χ1n) is 6.96. The number of halogens is 1. The molecule has 0 fully saturated rings. The zero-order valence-corrected chi connectivity index (χ0v) is 13.8. The molecule has 1 heterocycles. The summed E-state index contributed by atoms with van der Waals surface area (Å²) in [5.41, 5.74) is 1.12. The molecule has 0 radical (unpaired) electrons. The summed E-state index contributed by atoms with van der Waals surface area (Å²) >= 11 is 3.44. The summed E-state index contributed by atoms with van der Waals surface area (Å²) in [6.45, 7) is 4.81. The Balaban J connectivity index is 1.91. The minimum absolute atomic E-state index is 0.0381. The molecule has 0 unspecified atom stereocenters. The van der Waals surface area contributed by atoms with Crippen LogP contribution in [0, 0.1) is 5.92 Å². The van der Waals surface area contributed by atoms with E-state index >= 15 is 0 Å². The van der Waals surface area contributed by atoms with Gasteiger partial charge in [0.15, 0.2) is 0 Å². The van der Waals surface area contributed by atoms with Gasteiger partial charge in [0.05, 0.1) is 6.54 Å². The number of carbonyl (C=O) groups is 1. The summed E-state index contributed by atoms with van der Waals surface area (Å²) in [6.07, 6.45) is 2.99. The van der Waals surface area contributed by atoms with Gasteiger partial charge in [-0.05, 0) is 30.0 Å². The molecule has 0 aliphatic rings. The van der Waals surface area contributed by atoms with E-state index in [1.54, 1.807) is 11.0 Å². The number of nitrogens with zero attached hydrogens (tertiary/aromatic N) is 3. The largest absolute Gasteiger partial charge is 0.293 e. The van der Waals surface area contributed by atoms with Crippen molar-refractivity contribution in [1.82, 2.24) is 14.8 Å². The van der Waals surface area contributed by atoms with Crippen molar-refractivity contribution in [2.24, 2.45) is 5.92 Å². The molecule has 0 saturated heterocycles. The molecule has 0 bridgehead atoms. The molecule has 5 nitrogen and oxygen atoms in total. The Morgan fingerprint density at radius 1 is 1.43 bits per heavy atom. The normalized spacial score (nSPS) is 10.9. The fourth-order valence-corrected chi connectivity index (χ4v) is 2.30. The van der Waals surface area contributed by atoms with Gasteiger partial charge in [-0.25, -0.2) is 9.67 Å². The summed E-state index contributed by atoms with van der Waals surface area (Å²) in [5.74, 6) is 0.834. The lowest BCUT2D eigenvalue weighted by Crippen LogP contribution is -2.13. The van der Waals surface area contributed by atoms with Crippen molar-refractivity contribution in [2.45, 2.75) is 33.2 Å². The van der Waals surface area contributed by atoms with Gasteiger partial charge in [0, 0.05) is 10.9 Å². The molecule has 6 heteroatoms. The number of aromatic nitrogens is 3. The lowest BCUT2D eigenvalue weighted by Gasteiger charge is -2.04. The molecule has 0 atom stereocenters. The van der Waals surface area contributed by atoms with E-state index in [4.69, 9.17) is 0 Å². The second-order valence-corrected chi connectivity index (χ2v) is 6.29. The number of anilines is 1. The fourth-order valence-electron chi connectivity index (χ4n) is 1.86. The van der Waals surface area contributed by atoms with Gasteiger partial charge in [0.25, 0.3) is 0 Å². The first-order valence-corrected chi connectivity index (χ1v) is 7.76. The highest BCUT2D eigenvalue weighted by Crippen LogP contribution is 2.13. The van der Waals surface area contributed by atoms with Crippen LogP contribution in [0.3, 0.4) is 0 Å². The molecule has 1 aromatic carbocycles. The van der Waals surface area contributed by atoms with E-state index in [1.807, 2.05) is 24.3 Å². The van der Waals surface area contributed by atoms with Gasteiger partial charge in [-0.3, -0.25) is 10.1 Å². The summed E-state index contributed by atoms with van der Waals surface area (Å²) < 4.78 is 2.74. The standard InChI is InChI=1S/C15H19BrN4O/c1-11(2)6-7-14(21)18-15-17-10-20(19-15)9-12-4-3-5-13(16)8-12/h3-5,8,10-11H,6-7,9H2,1-2H3,(H,18,19,21). The van der Waals surface area contributed by atoms with E-state index in [-0.39, 0.29) is 5.91 Å². The predicted octanol–water partition coefficient (Wildman–Crippen LogP) is 3.46. The van der Waals surface area contributed by atoms with Gasteiger partial charge >= 0.3 is 0 Å². The molecule has 0 aliphatic carbocycles. The zero-order valence-electron chi connectivity index (χ0n) is 12.2. The van der Waals surface area contributed by atoms with Gasteiger partial charge in [-0.1, -0.05) is 41.9 Å². The van der Waals surface area contributed by atoms with E-state index in [9.17, 15) is 4.79 Å². The smallest absolute Gasteiger partial charge is 0.248 e. The van der Waals surface area contributed by atoms with Crippen LogP contribution in [0.1, 0.15) is 32.3 Å². The Bertz CT molecular complexity index is 609. The van der Waals surface area contributed by atoms with Crippen LogP contribution in [-0.2, 0) is 11.3 Å². The third kappa shape index (κ3) is 5.30. The maximum Gasteiger partial charge on any atom is 0.248 e. The van der Waals surface area contributed by atoms with Crippen LogP contribution in [0.25, 0.3) is 0 Å². The average Bonchev–Trinajstić information content (AvgIpc) is 2.83. The molecule has 2 aromatic rings. The van der Waals surface area contributed by atoms with Gasteiger partial charge < -0.3 is 0 Å². The number of hydrogen-bond acceptors (Lipinski definition) is 3. The molecule has 0 aliphatic heterocycles. The average molecular weight is 351 g/mol. The summed E-state index contributed by atoms with van der Waals surface area (Å²) in [5, 5.41) is 6.98. The van der Waals surface area contributed by atoms with Crippen LogP contribution >= 0.6 is 15.9 Å². The number of nitrogens with one attached hydrogen (secondary N) is 1. The molecule has 0 spiro atoms. The third-order valence-electron chi connectivity index (χ3n) is 2.97. The van der Waals surface area contributed by atoms with Crippen molar-refractivity contribution in [3.63, 3.8) is 0 Å². The van der Waals surface area contributed by atoms with Crippen LogP contribution in [0.15, 0.2) is 35.1 Å². The molecule has 1 aromatic heterocycles. The molecule has 1 amide bonds. The summed E-state index contributed by atoms with van der Waals surface area (Å²) in [7, 11) is 0. The highest BCUT2D eigenvalue weighted by molar-refractivity contribution is 9.10. The quantitative estimate of drug-likeness (QED) is 0.867. The molecule has 112 valence electrons. The number of hydrogen-bond donors (Lipinski definition) is 1. The van der Waals surface area contributed by atoms with Crippen molar-refractivity contribution in [3.05, 3.63) is 40.6 Å². The highest BCUT2D eigenvalue weighted by Gasteiger charge is 2.07. The topological polar surface area (TPSA) is 59.8 Å². The fraction of sp³-hybridized carbons (Fsp3) is 0.400. The van der Waals surface area contributed by atoms with Crippen LogP contribution in [0.5, 0.6) is 0 Å². The van der Waals surface area contributed by atoms with Gasteiger partial charge in [0.1, 0.15) is 6.33 Å². The van der Waals surface area contributed by atoms with E-state index in [0.29, 0.717) is 24.8 Å². The Hall–Kier alpha value is -1.69. The molecular formula is C15H19BrN4O. The second-order valence-electron chi connectivity index (χ2n) is 5.38. The predicted molar refractivity (Wildman–Crippen MR) is 86.0 cm³/mol. The SMILES string of the molecule is CC(C)CCC(=O)Nc1ncn(Cc2cccc(Br)c2)n1. The Morgan fingerprint density at radius 2 is 2.24 bits per heavy atom. The van der Waals surface area contributed by atoms with Crippen LogP contribution < -0.4 is 5.32 Å². The number of amides is 1. The van der Waals surface area contributed by atoms with E-state index in [0.717, 1.165) is 16.5 Å². The number of carbonyl (C=O) groups excluding carboxylic acids is 1. The number of benzene rings is 1. The maximum atomic E-state index is 11.7. The van der Waals surface area contributed by atoms with E-state index < -0.39 is 0 Å². The van der Waals surface area contributed by atoms with Crippen molar-refractivity contribution in [3.8, 4) is 0 Å². The molecule has 21 heavy (non-hydrogen) atoms. The van der Waals surface area contributed by atoms with Gasteiger partial charge in [-0.2, -0.15) is 0 Å². The maximum absolute atomic E-state index is 11.7. The third-order valence-corrected chi connectivity index (χ3v) is 3.46. The van der Waals surface area contributed by atoms with Crippen LogP contribution in [-0.4, -0.2) is 20.7 Å². The highest BCUT2D eigenvalue weighted by atomic mass is 79.9. The van der Waals surface area contributed by atoms with E-state index in [1.165, 1.54) is 0 Å². The minimum atomic E-state index is -0.0381. The first-order chi connectivity index (χ1) is 10.0. The number of rotatable bonds is 6. The molecular weight excluding hydrogens is 332 g/mol. The van der Waals surface area contributed by atoms with Gasteiger partial charge in [0.2, 0.25) is 11.9 Å². The molecule has 0 saturated carbocycles. The Morgan fingerprint density at radius 3 is 2.95 bits per heavy atom. The summed E-state index contributed by atoms with van der Waals surface area (Å²) in [4.78, 5) is 15.8. The zero-order chi connectivity index (χ0) is 15.2. The Kier molecular flexibility index (Phi) is 5.50. The molecule has 1 N–H and O–H groups in total. The summed E-state index contributed by atoms with van der Waals surface area (Å²) in [6, 6.07) is 8.01. The Labute approximate surface area is 132 Å². The van der Waals surface area contributed by atoms with E-state index in [2.05, 4.69) is 45.2 Å². The van der Waals surface area contributed by atoms with Crippen molar-refractivity contribution < 1.29 is 4.79 Å². The van der Waals surface area contributed by atoms with Crippen LogP contribution in [0.2, 0.25) is 0 Å². The van der Waals surface area contributed by atoms with Crippen molar-refractivity contribution >= 4 is 27.8 Å². The lowest BCUT2D eigenvalue weighted by atomic mass is 10.1. The molecule has 2 rings (SSSR count). The first kappa shape index (κ1) is 15.7. The lowest BCUT2D eigenvalue weighted by molar-refractivity contribution is -0.116. The minimum Gasteiger partial charge on any atom is -0.293 e. The van der Waals surface area contributed by atoms with Crippen molar-refractivity contribution in [2.75, 3.05) is 5.32 Å². The second kappa shape index (κ2) is 7.36. The van der Waals surface area contributed by atoms with Crippen LogP contribution in [0.4, 0.5) is 5.95 Å². The van der Waals surface area contributed by atoms with Gasteiger partial charge in [-0.15, -0.1) is 5.10 Å². The monoisotopic (exact) mass is 350 g/mol.